The lowest BCUT2D eigenvalue weighted by atomic mass is 9.99. The molecule has 0 aromatic heterocycles. The topological polar surface area (TPSA) is 9.23 Å². The summed E-state index contributed by atoms with van der Waals surface area (Å²) in [4.78, 5) is 0. The first-order chi connectivity index (χ1) is 9.63. The Balaban J connectivity index is 2.18. The quantitative estimate of drug-likeness (QED) is 0.609. The van der Waals surface area contributed by atoms with E-state index in [9.17, 15) is 0 Å². The van der Waals surface area contributed by atoms with Crippen LogP contribution in [-0.2, 0) is 5.88 Å². The van der Waals surface area contributed by atoms with Crippen LogP contribution in [0.5, 0.6) is 11.5 Å². The van der Waals surface area contributed by atoms with Gasteiger partial charge in [0.2, 0.25) is 0 Å². The molecule has 0 saturated carbocycles. The van der Waals surface area contributed by atoms with Crippen molar-refractivity contribution in [2.45, 2.75) is 39.0 Å². The van der Waals surface area contributed by atoms with Crippen molar-refractivity contribution in [2.24, 2.45) is 0 Å². The lowest BCUT2D eigenvalue weighted by Gasteiger charge is -2.12. The van der Waals surface area contributed by atoms with Crippen molar-refractivity contribution in [1.29, 1.82) is 0 Å². The number of halogens is 1. The van der Waals surface area contributed by atoms with E-state index in [4.69, 9.17) is 16.3 Å². The van der Waals surface area contributed by atoms with Gasteiger partial charge in [0.25, 0.3) is 0 Å². The van der Waals surface area contributed by atoms with Crippen LogP contribution in [0.25, 0.3) is 0 Å². The van der Waals surface area contributed by atoms with Crippen LogP contribution in [0, 0.1) is 6.92 Å². The molecule has 0 aliphatic heterocycles. The van der Waals surface area contributed by atoms with Gasteiger partial charge in [0.05, 0.1) is 5.88 Å². The molecule has 1 atom stereocenters. The molecule has 0 heterocycles. The Labute approximate surface area is 126 Å². The molecular formula is C18H21ClO. The third-order valence-corrected chi connectivity index (χ3v) is 3.94. The van der Waals surface area contributed by atoms with E-state index in [1.807, 2.05) is 24.3 Å². The minimum Gasteiger partial charge on any atom is -0.457 e. The molecule has 0 aliphatic carbocycles. The molecule has 0 spiro atoms. The fourth-order valence-corrected chi connectivity index (χ4v) is 2.35. The summed E-state index contributed by atoms with van der Waals surface area (Å²) in [6, 6.07) is 14.4. The summed E-state index contributed by atoms with van der Waals surface area (Å²) < 4.78 is 5.94. The van der Waals surface area contributed by atoms with Gasteiger partial charge in [-0.05, 0) is 43.0 Å². The van der Waals surface area contributed by atoms with E-state index in [1.165, 1.54) is 11.1 Å². The van der Waals surface area contributed by atoms with Crippen LogP contribution in [0.2, 0.25) is 0 Å². The molecule has 2 aromatic rings. The Hall–Kier alpha value is -1.47. The third kappa shape index (κ3) is 3.55. The second-order valence-corrected chi connectivity index (χ2v) is 5.49. The summed E-state index contributed by atoms with van der Waals surface area (Å²) in [6.07, 6.45) is 1.15. The molecule has 0 fully saturated rings. The standard InChI is InChI=1S/C18H21ClO/c1-4-14(3)15-6-8-17(9-7-15)20-18-10-5-13(2)11-16(18)12-19/h5-11,14H,4,12H2,1-3H3. The molecular weight excluding hydrogens is 268 g/mol. The summed E-state index contributed by atoms with van der Waals surface area (Å²) in [5, 5.41) is 0. The predicted octanol–water partition coefficient (Wildman–Crippen LogP) is 6.04. The fraction of sp³-hybridized carbons (Fsp3) is 0.333. The van der Waals surface area contributed by atoms with E-state index < -0.39 is 0 Å². The summed E-state index contributed by atoms with van der Waals surface area (Å²) >= 11 is 5.98. The van der Waals surface area contributed by atoms with Gasteiger partial charge in [0, 0.05) is 5.56 Å². The molecule has 0 amide bonds. The van der Waals surface area contributed by atoms with E-state index in [-0.39, 0.29) is 0 Å². The van der Waals surface area contributed by atoms with Gasteiger partial charge in [-0.1, -0.05) is 43.7 Å². The predicted molar refractivity (Wildman–Crippen MR) is 86.0 cm³/mol. The molecule has 0 bridgehead atoms. The van der Waals surface area contributed by atoms with Gasteiger partial charge >= 0.3 is 0 Å². The Kier molecular flexibility index (Phi) is 5.08. The van der Waals surface area contributed by atoms with Crippen molar-refractivity contribution in [2.75, 3.05) is 0 Å². The summed E-state index contributed by atoms with van der Waals surface area (Å²) in [7, 11) is 0. The number of alkyl halides is 1. The lowest BCUT2D eigenvalue weighted by Crippen LogP contribution is -1.93. The molecule has 106 valence electrons. The van der Waals surface area contributed by atoms with Gasteiger partial charge in [0.15, 0.2) is 0 Å². The molecule has 1 unspecified atom stereocenters. The SMILES string of the molecule is CCC(C)c1ccc(Oc2ccc(C)cc2CCl)cc1. The third-order valence-electron chi connectivity index (χ3n) is 3.65. The maximum Gasteiger partial charge on any atom is 0.131 e. The minimum absolute atomic E-state index is 0.460. The average molecular weight is 289 g/mol. The van der Waals surface area contributed by atoms with E-state index >= 15 is 0 Å². The fourth-order valence-electron chi connectivity index (χ4n) is 2.14. The van der Waals surface area contributed by atoms with Crippen molar-refractivity contribution < 1.29 is 4.74 Å². The van der Waals surface area contributed by atoms with Gasteiger partial charge in [0.1, 0.15) is 11.5 Å². The highest BCUT2D eigenvalue weighted by Gasteiger charge is 2.06. The molecule has 2 heteroatoms. The highest BCUT2D eigenvalue weighted by atomic mass is 35.5. The average Bonchev–Trinajstić information content (AvgIpc) is 2.49. The zero-order valence-corrected chi connectivity index (χ0v) is 13.1. The molecule has 2 rings (SSSR count). The number of ether oxygens (including phenoxy) is 1. The van der Waals surface area contributed by atoms with Gasteiger partial charge in [-0.2, -0.15) is 0 Å². The van der Waals surface area contributed by atoms with E-state index in [0.717, 1.165) is 23.5 Å². The van der Waals surface area contributed by atoms with Gasteiger partial charge in [-0.15, -0.1) is 11.6 Å². The molecule has 20 heavy (non-hydrogen) atoms. The lowest BCUT2D eigenvalue weighted by molar-refractivity contribution is 0.478. The van der Waals surface area contributed by atoms with Crippen LogP contribution in [0.1, 0.15) is 42.9 Å². The second kappa shape index (κ2) is 6.81. The van der Waals surface area contributed by atoms with Crippen LogP contribution >= 0.6 is 11.6 Å². The maximum absolute atomic E-state index is 5.98. The van der Waals surface area contributed by atoms with Crippen molar-refractivity contribution >= 4 is 11.6 Å². The van der Waals surface area contributed by atoms with E-state index in [2.05, 4.69) is 39.0 Å². The number of hydrogen-bond acceptors (Lipinski definition) is 1. The van der Waals surface area contributed by atoms with Crippen molar-refractivity contribution in [3.8, 4) is 11.5 Å². The van der Waals surface area contributed by atoms with E-state index in [1.54, 1.807) is 0 Å². The normalized spacial score (nSPS) is 12.2. The summed E-state index contributed by atoms with van der Waals surface area (Å²) in [5.41, 5.74) is 3.57. The first-order valence-corrected chi connectivity index (χ1v) is 7.60. The Morgan fingerprint density at radius 1 is 1.10 bits per heavy atom. The minimum atomic E-state index is 0.460. The summed E-state index contributed by atoms with van der Waals surface area (Å²) in [6.45, 7) is 6.50. The zero-order chi connectivity index (χ0) is 14.5. The second-order valence-electron chi connectivity index (χ2n) is 5.23. The molecule has 0 aliphatic rings. The highest BCUT2D eigenvalue weighted by Crippen LogP contribution is 2.29. The molecule has 0 radical (unpaired) electrons. The number of aryl methyl sites for hydroxylation is 1. The van der Waals surface area contributed by atoms with Gasteiger partial charge in [-0.3, -0.25) is 0 Å². The molecule has 2 aromatic carbocycles. The maximum atomic E-state index is 5.98. The Morgan fingerprint density at radius 2 is 1.80 bits per heavy atom. The number of benzene rings is 2. The smallest absolute Gasteiger partial charge is 0.131 e. The van der Waals surface area contributed by atoms with Gasteiger partial charge < -0.3 is 4.74 Å². The van der Waals surface area contributed by atoms with Crippen LogP contribution < -0.4 is 4.74 Å². The number of hydrogen-bond donors (Lipinski definition) is 0. The monoisotopic (exact) mass is 288 g/mol. The number of rotatable bonds is 5. The van der Waals surface area contributed by atoms with Crippen molar-refractivity contribution in [3.05, 3.63) is 59.2 Å². The zero-order valence-electron chi connectivity index (χ0n) is 12.3. The Bertz CT molecular complexity index is 560. The van der Waals surface area contributed by atoms with Crippen LogP contribution in [0.3, 0.4) is 0 Å². The van der Waals surface area contributed by atoms with Crippen LogP contribution in [-0.4, -0.2) is 0 Å². The molecule has 0 N–H and O–H groups in total. The van der Waals surface area contributed by atoms with Crippen molar-refractivity contribution in [1.82, 2.24) is 0 Å². The van der Waals surface area contributed by atoms with Crippen LogP contribution in [0.4, 0.5) is 0 Å². The first kappa shape index (κ1) is 14.9. The van der Waals surface area contributed by atoms with Crippen LogP contribution in [0.15, 0.2) is 42.5 Å². The molecule has 0 saturated heterocycles. The highest BCUT2D eigenvalue weighted by molar-refractivity contribution is 6.17. The van der Waals surface area contributed by atoms with Gasteiger partial charge in [-0.25, -0.2) is 0 Å². The molecule has 1 nitrogen and oxygen atoms in total. The first-order valence-electron chi connectivity index (χ1n) is 7.07. The summed E-state index contributed by atoms with van der Waals surface area (Å²) in [5.74, 6) is 2.73. The van der Waals surface area contributed by atoms with E-state index in [0.29, 0.717) is 11.8 Å². The Morgan fingerprint density at radius 3 is 2.40 bits per heavy atom. The largest absolute Gasteiger partial charge is 0.457 e. The van der Waals surface area contributed by atoms with Crippen molar-refractivity contribution in [3.63, 3.8) is 0 Å².